The molecule has 1 saturated heterocycles. The van der Waals surface area contributed by atoms with Gasteiger partial charge < -0.3 is 19.3 Å². The van der Waals surface area contributed by atoms with E-state index in [1.807, 2.05) is 39.8 Å². The zero-order valence-corrected chi connectivity index (χ0v) is 25.1. The van der Waals surface area contributed by atoms with Crippen LogP contribution in [0.1, 0.15) is 88.0 Å². The van der Waals surface area contributed by atoms with Gasteiger partial charge in [0, 0.05) is 11.5 Å². The molecule has 5 aliphatic carbocycles. The van der Waals surface area contributed by atoms with Gasteiger partial charge in [-0.25, -0.2) is 4.79 Å². The first kappa shape index (κ1) is 27.4. The zero-order valence-electron chi connectivity index (χ0n) is 25.1. The molecular weight excluding hydrogens is 492 g/mol. The summed E-state index contributed by atoms with van der Waals surface area (Å²) in [7, 11) is 0. The highest BCUT2D eigenvalue weighted by Crippen LogP contribution is 2.72. The van der Waals surface area contributed by atoms with Crippen molar-refractivity contribution in [3.63, 3.8) is 0 Å². The first-order chi connectivity index (χ1) is 18.0. The van der Waals surface area contributed by atoms with E-state index in [1.54, 1.807) is 0 Å². The Kier molecular flexibility index (Phi) is 5.74. The van der Waals surface area contributed by atoms with Gasteiger partial charge >= 0.3 is 5.97 Å². The van der Waals surface area contributed by atoms with Crippen LogP contribution in [0.5, 0.6) is 0 Å². The van der Waals surface area contributed by atoms with E-state index < -0.39 is 35.0 Å². The number of fused-ring (bicyclic) bond motifs is 5. The van der Waals surface area contributed by atoms with E-state index in [1.165, 1.54) is 0 Å². The second-order valence-electron chi connectivity index (χ2n) is 15.2. The van der Waals surface area contributed by atoms with Crippen molar-refractivity contribution < 1.29 is 28.9 Å². The molecule has 0 aromatic rings. The van der Waals surface area contributed by atoms with Crippen LogP contribution in [-0.2, 0) is 23.8 Å². The Bertz CT molecular complexity index is 1230. The molecule has 0 radical (unpaired) electrons. The Morgan fingerprint density at radius 3 is 2.49 bits per heavy atom. The number of allylic oxidation sites excluding steroid dienone is 2. The molecule has 3 fully saturated rings. The minimum Gasteiger partial charge on any atom is -0.451 e. The lowest BCUT2D eigenvalue weighted by molar-refractivity contribution is -0.303. The van der Waals surface area contributed by atoms with E-state index in [-0.39, 0.29) is 41.0 Å². The molecule has 1 N–H and O–H groups in total. The van der Waals surface area contributed by atoms with Gasteiger partial charge in [-0.1, -0.05) is 52.3 Å². The molecule has 1 aliphatic heterocycles. The standard InChI is InChI=1S/C33H46O6/c1-17-11-10-12-29(4,5)23(17)28(35)38-26-18(2)15-32-19(3)13-22-24(30(22,6)7)21(25(32)34)14-20-16-37-31(8,9)39-27(20)33(26,32)36/h14-15,19,21-22,24,26-27,36H,10-13,16H2,1-9H3/t19?,21-,22+,24+,26-,27+,32?,33+/m0/s1. The highest BCUT2D eigenvalue weighted by Gasteiger charge is 2.77. The van der Waals surface area contributed by atoms with E-state index in [9.17, 15) is 14.7 Å². The van der Waals surface area contributed by atoms with Crippen LogP contribution >= 0.6 is 0 Å². The fraction of sp³-hybridized carbons (Fsp3) is 0.758. The molecule has 1 spiro atoms. The number of ether oxygens (including phenoxy) is 3. The Balaban J connectivity index is 1.51. The van der Waals surface area contributed by atoms with E-state index in [2.05, 4.69) is 34.6 Å². The zero-order chi connectivity index (χ0) is 28.5. The Labute approximate surface area is 233 Å². The molecule has 0 aromatic carbocycles. The largest absolute Gasteiger partial charge is 0.451 e. The molecule has 6 aliphatic rings. The number of rotatable bonds is 2. The first-order valence-electron chi connectivity index (χ1n) is 14.9. The molecule has 6 rings (SSSR count). The number of carbonyl (C=O) groups excluding carboxylic acids is 2. The lowest BCUT2D eigenvalue weighted by Gasteiger charge is -2.53. The maximum atomic E-state index is 14.8. The van der Waals surface area contributed by atoms with Crippen LogP contribution in [-0.4, -0.2) is 47.1 Å². The quantitative estimate of drug-likeness (QED) is 0.359. The number of aliphatic hydroxyl groups is 1. The number of carbonyl (C=O) groups is 2. The smallest absolute Gasteiger partial charge is 0.335 e. The van der Waals surface area contributed by atoms with Gasteiger partial charge in [0.25, 0.3) is 0 Å². The summed E-state index contributed by atoms with van der Waals surface area (Å²) in [5.41, 5.74) is -0.0117. The van der Waals surface area contributed by atoms with Crippen molar-refractivity contribution in [3.05, 3.63) is 34.4 Å². The van der Waals surface area contributed by atoms with E-state index in [0.29, 0.717) is 11.5 Å². The Morgan fingerprint density at radius 1 is 1.13 bits per heavy atom. The van der Waals surface area contributed by atoms with Crippen molar-refractivity contribution in [1.82, 2.24) is 0 Å². The van der Waals surface area contributed by atoms with Gasteiger partial charge in [-0.05, 0) is 93.1 Å². The van der Waals surface area contributed by atoms with Crippen molar-refractivity contribution in [2.75, 3.05) is 6.61 Å². The van der Waals surface area contributed by atoms with Crippen LogP contribution in [0.2, 0.25) is 0 Å². The fourth-order valence-corrected chi connectivity index (χ4v) is 9.54. The summed E-state index contributed by atoms with van der Waals surface area (Å²) in [6.45, 7) is 18.6. The fourth-order valence-electron chi connectivity index (χ4n) is 9.54. The maximum Gasteiger partial charge on any atom is 0.335 e. The molecule has 214 valence electrons. The number of hydrogen-bond donors (Lipinski definition) is 1. The second kappa shape index (κ2) is 8.17. The maximum absolute atomic E-state index is 14.8. The summed E-state index contributed by atoms with van der Waals surface area (Å²) in [6.07, 6.45) is 5.80. The first-order valence-corrected chi connectivity index (χ1v) is 14.9. The predicted molar refractivity (Wildman–Crippen MR) is 147 cm³/mol. The summed E-state index contributed by atoms with van der Waals surface area (Å²) in [4.78, 5) is 28.8. The van der Waals surface area contributed by atoms with Gasteiger partial charge in [0.15, 0.2) is 23.3 Å². The van der Waals surface area contributed by atoms with Crippen molar-refractivity contribution in [1.29, 1.82) is 0 Å². The summed E-state index contributed by atoms with van der Waals surface area (Å²) in [5.74, 6) is -1.20. The molecule has 0 aromatic heterocycles. The monoisotopic (exact) mass is 538 g/mol. The normalized spacial score (nSPS) is 45.1. The molecule has 2 unspecified atom stereocenters. The average Bonchev–Trinajstić information content (AvgIpc) is 3.31. The van der Waals surface area contributed by atoms with Crippen LogP contribution in [0.15, 0.2) is 34.4 Å². The Morgan fingerprint density at radius 2 is 1.82 bits per heavy atom. The minimum atomic E-state index is -1.78. The third kappa shape index (κ3) is 3.50. The van der Waals surface area contributed by atoms with E-state index in [4.69, 9.17) is 14.2 Å². The predicted octanol–water partition coefficient (Wildman–Crippen LogP) is 5.69. The molecule has 0 amide bonds. The van der Waals surface area contributed by atoms with Crippen molar-refractivity contribution >= 4 is 11.8 Å². The molecule has 8 atom stereocenters. The lowest BCUT2D eigenvalue weighted by atomic mass is 9.58. The van der Waals surface area contributed by atoms with Crippen LogP contribution in [0.25, 0.3) is 0 Å². The summed E-state index contributed by atoms with van der Waals surface area (Å²) in [6, 6.07) is 0. The van der Waals surface area contributed by atoms with Crippen LogP contribution in [0.3, 0.4) is 0 Å². The molecule has 2 saturated carbocycles. The van der Waals surface area contributed by atoms with E-state index >= 15 is 0 Å². The highest BCUT2D eigenvalue weighted by atomic mass is 16.7. The average molecular weight is 539 g/mol. The molecule has 6 heteroatoms. The molecule has 1 heterocycles. The Hall–Kier alpha value is -1.76. The van der Waals surface area contributed by atoms with Crippen molar-refractivity contribution in [2.45, 2.75) is 112 Å². The lowest BCUT2D eigenvalue weighted by Crippen LogP contribution is -2.68. The topological polar surface area (TPSA) is 82.1 Å². The van der Waals surface area contributed by atoms with Crippen molar-refractivity contribution in [2.24, 2.45) is 39.9 Å². The van der Waals surface area contributed by atoms with Gasteiger partial charge in [0.1, 0.15) is 6.10 Å². The second-order valence-corrected chi connectivity index (χ2v) is 15.2. The third-order valence-corrected chi connectivity index (χ3v) is 11.6. The number of hydrogen-bond acceptors (Lipinski definition) is 6. The molecule has 6 nitrogen and oxygen atoms in total. The summed E-state index contributed by atoms with van der Waals surface area (Å²) < 4.78 is 19.0. The van der Waals surface area contributed by atoms with Gasteiger partial charge in [0.2, 0.25) is 0 Å². The van der Waals surface area contributed by atoms with Gasteiger partial charge in [0.05, 0.1) is 12.0 Å². The van der Waals surface area contributed by atoms with Gasteiger partial charge in [-0.2, -0.15) is 0 Å². The summed E-state index contributed by atoms with van der Waals surface area (Å²) in [5, 5.41) is 13.2. The van der Waals surface area contributed by atoms with Crippen molar-refractivity contribution in [3.8, 4) is 0 Å². The van der Waals surface area contributed by atoms with Crippen LogP contribution in [0, 0.1) is 39.9 Å². The summed E-state index contributed by atoms with van der Waals surface area (Å²) >= 11 is 0. The highest BCUT2D eigenvalue weighted by molar-refractivity contribution is 5.96. The number of esters is 1. The SMILES string of the molecule is CC1=CC23C(=O)[C@@H](C=C4COC(C)(C)O[C@H]4[C@]2(O)[C@H]1OC(=O)C1=C(C)CCCC1(C)C)[C@@H]1[C@@H](CC3C)C1(C)C. The van der Waals surface area contributed by atoms with Gasteiger partial charge in [-0.3, -0.25) is 4.79 Å². The minimum absolute atomic E-state index is 0.0326. The van der Waals surface area contributed by atoms with Gasteiger partial charge in [-0.15, -0.1) is 0 Å². The molecular formula is C33H46O6. The number of Topliss-reactive ketones (excluding diaryl/α,β-unsaturated/α-hetero) is 1. The number of ketones is 1. The van der Waals surface area contributed by atoms with E-state index in [0.717, 1.165) is 42.4 Å². The van der Waals surface area contributed by atoms with Crippen LogP contribution < -0.4 is 0 Å². The molecule has 39 heavy (non-hydrogen) atoms. The third-order valence-electron chi connectivity index (χ3n) is 11.6. The molecule has 2 bridgehead atoms. The van der Waals surface area contributed by atoms with Crippen LogP contribution in [0.4, 0.5) is 0 Å².